The number of anilines is 1. The zero-order chi connectivity index (χ0) is 22.1. The van der Waals surface area contributed by atoms with Crippen LogP contribution in [0.3, 0.4) is 0 Å². The van der Waals surface area contributed by atoms with Crippen molar-refractivity contribution < 1.29 is 17.9 Å². The quantitative estimate of drug-likeness (QED) is 0.592. The fourth-order valence-corrected chi connectivity index (χ4v) is 4.44. The molecule has 0 spiro atoms. The summed E-state index contributed by atoms with van der Waals surface area (Å²) in [4.78, 5) is 15.6. The predicted octanol–water partition coefficient (Wildman–Crippen LogP) is 3.99. The molecule has 1 heterocycles. The minimum atomic E-state index is -3.36. The molecule has 3 N–H and O–H groups in total. The number of hydrogen-bond acceptors (Lipinski definition) is 4. The van der Waals surface area contributed by atoms with Gasteiger partial charge in [0, 0.05) is 18.5 Å². The van der Waals surface area contributed by atoms with Gasteiger partial charge in [-0.25, -0.2) is 8.42 Å². The lowest BCUT2D eigenvalue weighted by Gasteiger charge is -2.30. The van der Waals surface area contributed by atoms with E-state index in [1.165, 1.54) is 0 Å². The average molecular weight is 472 g/mol. The number of sulfonamides is 1. The van der Waals surface area contributed by atoms with Crippen LogP contribution in [0.4, 0.5) is 5.69 Å². The van der Waals surface area contributed by atoms with Crippen LogP contribution in [0.25, 0.3) is 5.57 Å². The number of H-pyrrole nitrogens is 1. The van der Waals surface area contributed by atoms with Crippen molar-refractivity contribution in [2.75, 3.05) is 18.1 Å². The molecule has 7 nitrogen and oxygen atoms in total. The number of benzene rings is 1. The minimum Gasteiger partial charge on any atom is -0.375 e. The van der Waals surface area contributed by atoms with Crippen LogP contribution in [0.2, 0.25) is 10.0 Å². The summed E-state index contributed by atoms with van der Waals surface area (Å²) in [6.45, 7) is 1.74. The number of methoxy groups -OCH3 is 1. The number of allylic oxidation sites excluding steroid dienone is 1. The molecule has 1 aliphatic carbocycles. The largest absolute Gasteiger partial charge is 0.375 e. The minimum absolute atomic E-state index is 0.197. The van der Waals surface area contributed by atoms with E-state index in [4.69, 9.17) is 27.9 Å². The number of halogens is 2. The van der Waals surface area contributed by atoms with Gasteiger partial charge in [0.1, 0.15) is 5.69 Å². The maximum atomic E-state index is 12.7. The first-order valence-corrected chi connectivity index (χ1v) is 11.9. The van der Waals surface area contributed by atoms with E-state index in [-0.39, 0.29) is 28.8 Å². The van der Waals surface area contributed by atoms with Gasteiger partial charge >= 0.3 is 0 Å². The standard InChI is InChI=1S/C20H23Cl2N3O4S/c1-11-17(21)18(22)19(23-11)20(26)24-15-8-7-13(10-16(15)29-2)12-5-4-6-14(9-12)25-30(3,27)28/h4-6,9-10,15-16,23,25H,7-8H2,1-3H3,(H,24,26)/t15-,16-/m1/s1. The third kappa shape index (κ3) is 5.18. The van der Waals surface area contributed by atoms with E-state index in [1.807, 2.05) is 12.1 Å². The lowest BCUT2D eigenvalue weighted by atomic mass is 9.88. The highest BCUT2D eigenvalue weighted by atomic mass is 35.5. The van der Waals surface area contributed by atoms with Gasteiger partial charge in [-0.3, -0.25) is 9.52 Å². The Labute approximate surface area is 185 Å². The second-order valence-corrected chi connectivity index (χ2v) is 9.72. The van der Waals surface area contributed by atoms with Crippen LogP contribution >= 0.6 is 23.2 Å². The Balaban J connectivity index is 1.78. The van der Waals surface area contributed by atoms with Crippen molar-refractivity contribution in [2.45, 2.75) is 31.9 Å². The number of aromatic nitrogens is 1. The summed E-state index contributed by atoms with van der Waals surface area (Å²) in [5, 5.41) is 3.49. The summed E-state index contributed by atoms with van der Waals surface area (Å²) in [7, 11) is -1.78. The first-order valence-electron chi connectivity index (χ1n) is 9.25. The smallest absolute Gasteiger partial charge is 0.269 e. The van der Waals surface area contributed by atoms with E-state index in [2.05, 4.69) is 15.0 Å². The van der Waals surface area contributed by atoms with Gasteiger partial charge in [-0.05, 0) is 43.0 Å². The summed E-state index contributed by atoms with van der Waals surface area (Å²) in [6, 6.07) is 6.93. The van der Waals surface area contributed by atoms with E-state index in [0.717, 1.165) is 17.4 Å². The van der Waals surface area contributed by atoms with Gasteiger partial charge in [-0.1, -0.05) is 41.4 Å². The van der Waals surface area contributed by atoms with Crippen molar-refractivity contribution >= 4 is 50.4 Å². The van der Waals surface area contributed by atoms with Crippen LogP contribution in [-0.2, 0) is 14.8 Å². The summed E-state index contributed by atoms with van der Waals surface area (Å²) in [5.41, 5.74) is 3.26. The normalized spacial score (nSPS) is 19.3. The number of rotatable bonds is 6. The van der Waals surface area contributed by atoms with Gasteiger partial charge in [0.15, 0.2) is 0 Å². The Hall–Kier alpha value is -2.00. The van der Waals surface area contributed by atoms with Crippen LogP contribution < -0.4 is 10.0 Å². The lowest BCUT2D eigenvalue weighted by molar-refractivity contribution is 0.0768. The maximum Gasteiger partial charge on any atom is 0.269 e. The Morgan fingerprint density at radius 2 is 2.00 bits per heavy atom. The fourth-order valence-electron chi connectivity index (χ4n) is 3.47. The first-order chi connectivity index (χ1) is 14.1. The SMILES string of the molecule is CO[C@@H]1C=C(c2cccc(NS(C)(=O)=O)c2)CC[C@H]1NC(=O)c1[nH]c(C)c(Cl)c1Cl. The second kappa shape index (κ2) is 9.01. The van der Waals surface area contributed by atoms with Crippen LogP contribution in [0.1, 0.15) is 34.6 Å². The highest BCUT2D eigenvalue weighted by Gasteiger charge is 2.28. The molecule has 2 atom stereocenters. The topological polar surface area (TPSA) is 100 Å². The third-order valence-electron chi connectivity index (χ3n) is 4.89. The van der Waals surface area contributed by atoms with Crippen molar-refractivity contribution in [3.05, 3.63) is 57.3 Å². The molecular formula is C20H23Cl2N3O4S. The Morgan fingerprint density at radius 1 is 1.27 bits per heavy atom. The number of aryl methyl sites for hydroxylation is 1. The molecule has 1 aromatic heterocycles. The predicted molar refractivity (Wildman–Crippen MR) is 120 cm³/mol. The number of hydrogen-bond donors (Lipinski definition) is 3. The molecule has 162 valence electrons. The number of carbonyl (C=O) groups excluding carboxylic acids is 1. The monoisotopic (exact) mass is 471 g/mol. The van der Waals surface area contributed by atoms with E-state index >= 15 is 0 Å². The number of amides is 1. The molecule has 30 heavy (non-hydrogen) atoms. The average Bonchev–Trinajstić information content (AvgIpc) is 2.94. The van der Waals surface area contributed by atoms with Crippen LogP contribution in [0.15, 0.2) is 30.3 Å². The Bertz CT molecular complexity index is 1100. The molecule has 0 saturated heterocycles. The van der Waals surface area contributed by atoms with Gasteiger partial charge in [0.2, 0.25) is 10.0 Å². The van der Waals surface area contributed by atoms with Gasteiger partial charge in [-0.15, -0.1) is 0 Å². The van der Waals surface area contributed by atoms with Crippen molar-refractivity contribution in [1.29, 1.82) is 0 Å². The van der Waals surface area contributed by atoms with Gasteiger partial charge in [0.25, 0.3) is 5.91 Å². The van der Waals surface area contributed by atoms with Crippen molar-refractivity contribution in [3.63, 3.8) is 0 Å². The molecule has 0 fully saturated rings. The fraction of sp³-hybridized carbons (Fsp3) is 0.350. The van der Waals surface area contributed by atoms with Crippen LogP contribution in [-0.4, -0.2) is 44.8 Å². The zero-order valence-electron chi connectivity index (χ0n) is 16.8. The first kappa shape index (κ1) is 22.7. The number of aromatic amines is 1. The van der Waals surface area contributed by atoms with E-state index < -0.39 is 10.0 Å². The molecule has 0 unspecified atom stereocenters. The lowest BCUT2D eigenvalue weighted by Crippen LogP contribution is -2.45. The molecule has 1 amide bonds. The molecule has 3 rings (SSSR count). The van der Waals surface area contributed by atoms with Crippen LogP contribution in [0.5, 0.6) is 0 Å². The van der Waals surface area contributed by atoms with Crippen LogP contribution in [0, 0.1) is 6.92 Å². The molecule has 10 heteroatoms. The van der Waals surface area contributed by atoms with Crippen molar-refractivity contribution in [3.8, 4) is 0 Å². The molecule has 0 saturated carbocycles. The summed E-state index contributed by atoms with van der Waals surface area (Å²) >= 11 is 12.2. The van der Waals surface area contributed by atoms with Gasteiger partial charge in [-0.2, -0.15) is 0 Å². The van der Waals surface area contributed by atoms with Crippen molar-refractivity contribution in [2.24, 2.45) is 0 Å². The molecule has 2 aromatic rings. The molecule has 0 bridgehead atoms. The third-order valence-corrected chi connectivity index (χ3v) is 6.45. The molecule has 1 aromatic carbocycles. The number of nitrogens with one attached hydrogen (secondary N) is 3. The Morgan fingerprint density at radius 3 is 2.60 bits per heavy atom. The summed E-state index contributed by atoms with van der Waals surface area (Å²) < 4.78 is 31.1. The van der Waals surface area contributed by atoms with Gasteiger partial charge < -0.3 is 15.0 Å². The summed E-state index contributed by atoms with van der Waals surface area (Å²) in [5.74, 6) is -0.349. The highest BCUT2D eigenvalue weighted by molar-refractivity contribution is 7.92. The van der Waals surface area contributed by atoms with Gasteiger partial charge in [0.05, 0.1) is 28.4 Å². The van der Waals surface area contributed by atoms with Crippen molar-refractivity contribution in [1.82, 2.24) is 10.3 Å². The Kier molecular flexibility index (Phi) is 6.81. The van der Waals surface area contributed by atoms with E-state index in [0.29, 0.717) is 29.2 Å². The number of carbonyl (C=O) groups is 1. The molecule has 0 aliphatic heterocycles. The van der Waals surface area contributed by atoms with E-state index in [9.17, 15) is 13.2 Å². The van der Waals surface area contributed by atoms with E-state index in [1.54, 1.807) is 32.2 Å². The zero-order valence-corrected chi connectivity index (χ0v) is 19.1. The highest BCUT2D eigenvalue weighted by Crippen LogP contribution is 2.32. The summed E-state index contributed by atoms with van der Waals surface area (Å²) in [6.07, 6.45) is 4.03. The molecule has 1 aliphatic rings. The second-order valence-electron chi connectivity index (χ2n) is 7.22. The number of ether oxygens (including phenoxy) is 1. The maximum absolute atomic E-state index is 12.7. The molecular weight excluding hydrogens is 449 g/mol. The molecule has 0 radical (unpaired) electrons.